The first-order chi connectivity index (χ1) is 15.4. The fourth-order valence-electron chi connectivity index (χ4n) is 3.29. The van der Waals surface area contributed by atoms with Crippen molar-refractivity contribution in [2.75, 3.05) is 0 Å². The number of hydrogen-bond donors (Lipinski definition) is 4. The topological polar surface area (TPSA) is 125 Å². The smallest absolute Gasteiger partial charge is 0.374 e. The van der Waals surface area contributed by atoms with Crippen LogP contribution >= 0.6 is 0 Å². The summed E-state index contributed by atoms with van der Waals surface area (Å²) in [5, 5.41) is 16.8. The Hall–Kier alpha value is -2.88. The lowest BCUT2D eigenvalue weighted by atomic mass is 10.00. The lowest BCUT2D eigenvalue weighted by molar-refractivity contribution is -0.151. The zero-order valence-electron chi connectivity index (χ0n) is 19.3. The van der Waals surface area contributed by atoms with Crippen molar-refractivity contribution in [2.24, 2.45) is 5.92 Å². The first-order valence-corrected chi connectivity index (χ1v) is 10.9. The van der Waals surface area contributed by atoms with Crippen LogP contribution in [0, 0.1) is 5.92 Å². The third-order valence-corrected chi connectivity index (χ3v) is 4.73. The fraction of sp³-hybridized carbons (Fsp3) is 0.565. The van der Waals surface area contributed by atoms with Crippen molar-refractivity contribution in [3.8, 4) is 0 Å². The lowest BCUT2D eigenvalue weighted by Gasteiger charge is -2.26. The van der Waals surface area contributed by atoms with E-state index in [1.807, 2.05) is 44.2 Å². The number of carboxylic acid groups (broad SMARTS) is 1. The molecule has 33 heavy (non-hydrogen) atoms. The van der Waals surface area contributed by atoms with Gasteiger partial charge in [-0.1, -0.05) is 58.0 Å². The van der Waals surface area contributed by atoms with Crippen LogP contribution in [-0.4, -0.2) is 59.3 Å². The highest BCUT2D eigenvalue weighted by Crippen LogP contribution is 2.11. The molecule has 3 unspecified atom stereocenters. The van der Waals surface area contributed by atoms with Crippen molar-refractivity contribution in [1.82, 2.24) is 16.0 Å². The SMILES string of the molecule is CC(C)CC(NC(=O)C(Cc1ccccc1)NC(C)C)C(=O)NC(CC(F)F)C(=O)C(=O)O. The number of ketones is 1. The van der Waals surface area contributed by atoms with Crippen molar-refractivity contribution >= 4 is 23.6 Å². The van der Waals surface area contributed by atoms with Crippen LogP contribution in [0.4, 0.5) is 8.78 Å². The van der Waals surface area contributed by atoms with Gasteiger partial charge in [-0.05, 0) is 24.3 Å². The summed E-state index contributed by atoms with van der Waals surface area (Å²) in [6, 6.07) is 5.54. The largest absolute Gasteiger partial charge is 0.475 e. The van der Waals surface area contributed by atoms with E-state index in [4.69, 9.17) is 5.11 Å². The molecular weight excluding hydrogens is 436 g/mol. The average molecular weight is 470 g/mol. The quantitative estimate of drug-likeness (QED) is 0.309. The number of aliphatic carboxylic acids is 1. The second-order valence-corrected chi connectivity index (χ2v) is 8.61. The number of halogens is 2. The predicted molar refractivity (Wildman–Crippen MR) is 119 cm³/mol. The summed E-state index contributed by atoms with van der Waals surface area (Å²) >= 11 is 0. The molecule has 0 aliphatic carbocycles. The van der Waals surface area contributed by atoms with Crippen LogP contribution in [0.25, 0.3) is 0 Å². The van der Waals surface area contributed by atoms with Crippen molar-refractivity contribution in [3.05, 3.63) is 35.9 Å². The van der Waals surface area contributed by atoms with Gasteiger partial charge in [0.25, 0.3) is 5.78 Å². The Morgan fingerprint density at radius 1 is 0.848 bits per heavy atom. The predicted octanol–water partition coefficient (Wildman–Crippen LogP) is 1.92. The Labute approximate surface area is 192 Å². The third-order valence-electron chi connectivity index (χ3n) is 4.73. The minimum Gasteiger partial charge on any atom is -0.475 e. The van der Waals surface area contributed by atoms with Crippen LogP contribution in [0.3, 0.4) is 0 Å². The van der Waals surface area contributed by atoms with Crippen molar-refractivity contribution in [3.63, 3.8) is 0 Å². The number of Topliss-reactive ketones (excluding diaryl/α,β-unsaturated/α-hetero) is 1. The first kappa shape index (κ1) is 28.2. The number of carbonyl (C=O) groups is 4. The molecule has 3 atom stereocenters. The van der Waals surface area contributed by atoms with Gasteiger partial charge in [-0.25, -0.2) is 13.6 Å². The summed E-state index contributed by atoms with van der Waals surface area (Å²) in [4.78, 5) is 48.6. The summed E-state index contributed by atoms with van der Waals surface area (Å²) in [7, 11) is 0. The molecule has 0 aromatic heterocycles. The van der Waals surface area contributed by atoms with Crippen LogP contribution in [0.15, 0.2) is 30.3 Å². The Morgan fingerprint density at radius 2 is 1.39 bits per heavy atom. The van der Waals surface area contributed by atoms with E-state index in [1.54, 1.807) is 13.8 Å². The molecule has 2 amide bonds. The van der Waals surface area contributed by atoms with Crippen molar-refractivity contribution in [1.29, 1.82) is 0 Å². The molecule has 1 aromatic rings. The standard InChI is InChI=1S/C23H33F2N3O5/c1-13(2)10-17(21(30)27-16(12-19(24)25)20(29)23(32)33)28-22(31)18(26-14(3)4)11-15-8-6-5-7-9-15/h5-9,13-14,16-19,26H,10-12H2,1-4H3,(H,27,30)(H,28,31)(H,32,33). The summed E-state index contributed by atoms with van der Waals surface area (Å²) in [5.41, 5.74) is 0.903. The molecule has 0 aliphatic heterocycles. The maximum Gasteiger partial charge on any atom is 0.374 e. The molecule has 4 N–H and O–H groups in total. The minimum atomic E-state index is -3.00. The van der Waals surface area contributed by atoms with E-state index in [0.29, 0.717) is 6.42 Å². The summed E-state index contributed by atoms with van der Waals surface area (Å²) in [5.74, 6) is -4.88. The number of alkyl halides is 2. The Kier molecular flexibility index (Phi) is 11.6. The molecule has 1 aromatic carbocycles. The van der Waals surface area contributed by atoms with Gasteiger partial charge in [0.15, 0.2) is 0 Å². The number of rotatable bonds is 14. The van der Waals surface area contributed by atoms with Gasteiger partial charge >= 0.3 is 5.97 Å². The van der Waals surface area contributed by atoms with Crippen LogP contribution in [-0.2, 0) is 25.6 Å². The van der Waals surface area contributed by atoms with Gasteiger partial charge in [-0.2, -0.15) is 0 Å². The second-order valence-electron chi connectivity index (χ2n) is 8.61. The lowest BCUT2D eigenvalue weighted by Crippen LogP contribution is -2.57. The molecule has 184 valence electrons. The highest BCUT2D eigenvalue weighted by atomic mass is 19.3. The average Bonchev–Trinajstić information content (AvgIpc) is 2.71. The van der Waals surface area contributed by atoms with E-state index in [9.17, 15) is 28.0 Å². The van der Waals surface area contributed by atoms with Crippen LogP contribution in [0.1, 0.15) is 46.1 Å². The maximum absolute atomic E-state index is 13.1. The van der Waals surface area contributed by atoms with E-state index in [0.717, 1.165) is 5.56 Å². The molecule has 0 heterocycles. The van der Waals surface area contributed by atoms with E-state index < -0.39 is 54.5 Å². The number of benzene rings is 1. The molecule has 0 bridgehead atoms. The fourth-order valence-corrected chi connectivity index (χ4v) is 3.29. The number of nitrogens with one attached hydrogen (secondary N) is 3. The highest BCUT2D eigenvalue weighted by molar-refractivity contribution is 6.35. The molecule has 1 rings (SSSR count). The molecule has 0 saturated carbocycles. The Bertz CT molecular complexity index is 803. The molecule has 0 fully saturated rings. The minimum absolute atomic E-state index is 0.0366. The van der Waals surface area contributed by atoms with E-state index in [2.05, 4.69) is 16.0 Å². The summed E-state index contributed by atoms with van der Waals surface area (Å²) in [6.07, 6.45) is -3.61. The number of hydrogen-bond acceptors (Lipinski definition) is 5. The maximum atomic E-state index is 13.1. The molecule has 0 radical (unpaired) electrons. The van der Waals surface area contributed by atoms with E-state index >= 15 is 0 Å². The summed E-state index contributed by atoms with van der Waals surface area (Å²) in [6.45, 7) is 7.35. The molecular formula is C23H33F2N3O5. The third kappa shape index (κ3) is 10.5. The van der Waals surface area contributed by atoms with Crippen LogP contribution in [0.5, 0.6) is 0 Å². The highest BCUT2D eigenvalue weighted by Gasteiger charge is 2.33. The van der Waals surface area contributed by atoms with E-state index in [1.165, 1.54) is 0 Å². The van der Waals surface area contributed by atoms with Gasteiger partial charge in [0.1, 0.15) is 12.1 Å². The normalized spacial score (nSPS) is 14.1. The summed E-state index contributed by atoms with van der Waals surface area (Å²) < 4.78 is 25.7. The van der Waals surface area contributed by atoms with Gasteiger partial charge in [-0.3, -0.25) is 14.4 Å². The molecule has 8 nitrogen and oxygen atoms in total. The van der Waals surface area contributed by atoms with Crippen LogP contribution in [0.2, 0.25) is 0 Å². The Balaban J connectivity index is 3.03. The number of carbonyl (C=O) groups excluding carboxylic acids is 3. The van der Waals surface area contributed by atoms with Crippen LogP contribution < -0.4 is 16.0 Å². The van der Waals surface area contributed by atoms with Gasteiger partial charge in [0.2, 0.25) is 18.2 Å². The monoisotopic (exact) mass is 469 g/mol. The zero-order chi connectivity index (χ0) is 25.1. The number of carboxylic acids is 1. The zero-order valence-corrected chi connectivity index (χ0v) is 19.3. The van der Waals surface area contributed by atoms with Gasteiger partial charge in [-0.15, -0.1) is 0 Å². The second kappa shape index (κ2) is 13.6. The molecule has 10 heteroatoms. The Morgan fingerprint density at radius 3 is 1.88 bits per heavy atom. The van der Waals surface area contributed by atoms with Gasteiger partial charge in [0.05, 0.1) is 6.04 Å². The van der Waals surface area contributed by atoms with Crippen molar-refractivity contribution < 1.29 is 33.1 Å². The number of amides is 2. The first-order valence-electron chi connectivity index (χ1n) is 10.9. The molecule has 0 saturated heterocycles. The molecule has 0 spiro atoms. The molecule has 0 aliphatic rings. The van der Waals surface area contributed by atoms with E-state index in [-0.39, 0.29) is 18.4 Å². The van der Waals surface area contributed by atoms with Crippen molar-refractivity contribution in [2.45, 2.75) is 77.6 Å². The van der Waals surface area contributed by atoms with Gasteiger partial charge in [0, 0.05) is 12.5 Å². The van der Waals surface area contributed by atoms with Gasteiger partial charge < -0.3 is 21.1 Å².